The van der Waals surface area contributed by atoms with E-state index in [1.165, 1.54) is 12.3 Å². The van der Waals surface area contributed by atoms with Gasteiger partial charge in [0.2, 0.25) is 0 Å². The van der Waals surface area contributed by atoms with Crippen LogP contribution in [-0.4, -0.2) is 19.9 Å². The zero-order valence-electron chi connectivity index (χ0n) is 13.9. The minimum Gasteiger partial charge on any atom is -0.346 e. The summed E-state index contributed by atoms with van der Waals surface area (Å²) in [7, 11) is 0. The molecule has 26 heavy (non-hydrogen) atoms. The molecular formula is C20H16ClFN4. The lowest BCUT2D eigenvalue weighted by atomic mass is 10.1. The maximum atomic E-state index is 13.2. The van der Waals surface area contributed by atoms with Crippen LogP contribution in [0.1, 0.15) is 22.4 Å². The van der Waals surface area contributed by atoms with Gasteiger partial charge in [-0.2, -0.15) is 0 Å². The van der Waals surface area contributed by atoms with Crippen LogP contribution in [0.2, 0.25) is 5.15 Å². The number of rotatable bonds is 5. The lowest BCUT2D eigenvalue weighted by Crippen LogP contribution is -1.99. The number of aromatic nitrogens is 4. The van der Waals surface area contributed by atoms with Crippen LogP contribution in [0.5, 0.6) is 0 Å². The molecule has 1 N–H and O–H groups in total. The SMILES string of the molecule is Fc1cncc(CCc2ccc(Cc3c[nH]c4ncccc34)c(Cl)n2)c1. The highest BCUT2D eigenvalue weighted by Crippen LogP contribution is 2.23. The first-order chi connectivity index (χ1) is 12.7. The van der Waals surface area contributed by atoms with Crippen molar-refractivity contribution in [3.8, 4) is 0 Å². The maximum Gasteiger partial charge on any atom is 0.141 e. The number of pyridine rings is 3. The molecule has 0 fully saturated rings. The van der Waals surface area contributed by atoms with Crippen LogP contribution in [0.3, 0.4) is 0 Å². The molecule has 0 spiro atoms. The van der Waals surface area contributed by atoms with E-state index >= 15 is 0 Å². The fourth-order valence-corrected chi connectivity index (χ4v) is 3.24. The van der Waals surface area contributed by atoms with Crippen LogP contribution in [0, 0.1) is 5.82 Å². The number of aromatic amines is 1. The predicted octanol–water partition coefficient (Wildman–Crippen LogP) is 4.52. The van der Waals surface area contributed by atoms with Gasteiger partial charge in [0.1, 0.15) is 16.6 Å². The van der Waals surface area contributed by atoms with Crippen LogP contribution >= 0.6 is 11.6 Å². The van der Waals surface area contributed by atoms with Crippen LogP contribution in [0.4, 0.5) is 4.39 Å². The van der Waals surface area contributed by atoms with Gasteiger partial charge in [0.05, 0.1) is 6.20 Å². The Hall–Kier alpha value is -2.79. The fraction of sp³-hybridized carbons (Fsp3) is 0.150. The largest absolute Gasteiger partial charge is 0.346 e. The van der Waals surface area contributed by atoms with Crippen molar-refractivity contribution in [2.45, 2.75) is 19.3 Å². The van der Waals surface area contributed by atoms with E-state index in [9.17, 15) is 4.39 Å². The molecule has 4 heterocycles. The summed E-state index contributed by atoms with van der Waals surface area (Å²) in [6.07, 6.45) is 8.63. The van der Waals surface area contributed by atoms with Crippen molar-refractivity contribution in [2.75, 3.05) is 0 Å². The zero-order chi connectivity index (χ0) is 17.9. The first-order valence-electron chi connectivity index (χ1n) is 8.34. The third-order valence-corrected chi connectivity index (χ3v) is 4.66. The minimum absolute atomic E-state index is 0.322. The second-order valence-corrected chi connectivity index (χ2v) is 6.51. The maximum absolute atomic E-state index is 13.2. The molecule has 0 atom stereocenters. The normalized spacial score (nSPS) is 11.2. The van der Waals surface area contributed by atoms with Crippen molar-refractivity contribution in [1.29, 1.82) is 0 Å². The summed E-state index contributed by atoms with van der Waals surface area (Å²) in [6, 6.07) is 9.43. The molecular weight excluding hydrogens is 351 g/mol. The van der Waals surface area contributed by atoms with Crippen molar-refractivity contribution < 1.29 is 4.39 Å². The van der Waals surface area contributed by atoms with Crippen LogP contribution < -0.4 is 0 Å². The smallest absolute Gasteiger partial charge is 0.141 e. The summed E-state index contributed by atoms with van der Waals surface area (Å²) in [4.78, 5) is 15.8. The molecule has 4 rings (SSSR count). The molecule has 0 bridgehead atoms. The number of fused-ring (bicyclic) bond motifs is 1. The van der Waals surface area contributed by atoms with Gasteiger partial charge >= 0.3 is 0 Å². The van der Waals surface area contributed by atoms with Crippen LogP contribution in [0.15, 0.2) is 55.1 Å². The van der Waals surface area contributed by atoms with E-state index in [1.54, 1.807) is 12.4 Å². The Morgan fingerprint density at radius 3 is 2.85 bits per heavy atom. The van der Waals surface area contributed by atoms with Crippen LogP contribution in [0.25, 0.3) is 11.0 Å². The van der Waals surface area contributed by atoms with Crippen molar-refractivity contribution >= 4 is 22.6 Å². The first kappa shape index (κ1) is 16.7. The van der Waals surface area contributed by atoms with Crippen molar-refractivity contribution in [3.05, 3.63) is 88.5 Å². The number of H-pyrrole nitrogens is 1. The van der Waals surface area contributed by atoms with E-state index in [1.807, 2.05) is 30.5 Å². The standard InChI is InChI=1S/C20H16ClFN4/c21-19-14(9-15-11-25-20-18(15)2-1-7-24-20)4-6-17(26-19)5-3-13-8-16(22)12-23-10-13/h1-2,4,6-8,10-12H,3,5,9H2,(H,24,25). The van der Waals surface area contributed by atoms with E-state index < -0.39 is 0 Å². The van der Waals surface area contributed by atoms with E-state index in [4.69, 9.17) is 11.6 Å². The summed E-state index contributed by atoms with van der Waals surface area (Å²) >= 11 is 6.40. The van der Waals surface area contributed by atoms with Crippen molar-refractivity contribution in [3.63, 3.8) is 0 Å². The Labute approximate surface area is 155 Å². The molecule has 0 aromatic carbocycles. The summed E-state index contributed by atoms with van der Waals surface area (Å²) in [6.45, 7) is 0. The molecule has 0 saturated carbocycles. The Bertz CT molecular complexity index is 1060. The third-order valence-electron chi connectivity index (χ3n) is 4.33. The Balaban J connectivity index is 1.49. The van der Waals surface area contributed by atoms with Gasteiger partial charge in [-0.1, -0.05) is 17.7 Å². The number of aryl methyl sites for hydroxylation is 2. The zero-order valence-corrected chi connectivity index (χ0v) is 14.7. The molecule has 6 heteroatoms. The van der Waals surface area contributed by atoms with E-state index in [0.29, 0.717) is 24.4 Å². The highest BCUT2D eigenvalue weighted by Gasteiger charge is 2.09. The lowest BCUT2D eigenvalue weighted by molar-refractivity contribution is 0.618. The number of hydrogen-bond donors (Lipinski definition) is 1. The molecule has 4 aromatic heterocycles. The average Bonchev–Trinajstić information content (AvgIpc) is 3.05. The van der Waals surface area contributed by atoms with Crippen molar-refractivity contribution in [2.24, 2.45) is 0 Å². The molecule has 0 aliphatic rings. The summed E-state index contributed by atoms with van der Waals surface area (Å²) in [5.41, 5.74) is 4.69. The van der Waals surface area contributed by atoms with Gasteiger partial charge < -0.3 is 4.98 Å². The molecule has 0 saturated heterocycles. The van der Waals surface area contributed by atoms with E-state index in [2.05, 4.69) is 19.9 Å². The summed E-state index contributed by atoms with van der Waals surface area (Å²) in [5, 5.41) is 1.59. The highest BCUT2D eigenvalue weighted by molar-refractivity contribution is 6.30. The van der Waals surface area contributed by atoms with Gasteiger partial charge in [-0.3, -0.25) is 4.98 Å². The number of nitrogens with zero attached hydrogens (tertiary/aromatic N) is 3. The number of hydrogen-bond acceptors (Lipinski definition) is 3. The van der Waals surface area contributed by atoms with E-state index in [0.717, 1.165) is 33.4 Å². The summed E-state index contributed by atoms with van der Waals surface area (Å²) in [5.74, 6) is -0.322. The average molecular weight is 367 g/mol. The molecule has 0 amide bonds. The van der Waals surface area contributed by atoms with Gasteiger partial charge in [-0.15, -0.1) is 0 Å². The fourth-order valence-electron chi connectivity index (χ4n) is 3.00. The highest BCUT2D eigenvalue weighted by atomic mass is 35.5. The van der Waals surface area contributed by atoms with Gasteiger partial charge in [0.15, 0.2) is 0 Å². The molecule has 0 radical (unpaired) electrons. The first-order valence-corrected chi connectivity index (χ1v) is 8.71. The lowest BCUT2D eigenvalue weighted by Gasteiger charge is -2.07. The molecule has 0 aliphatic carbocycles. The van der Waals surface area contributed by atoms with Crippen LogP contribution in [-0.2, 0) is 19.3 Å². The van der Waals surface area contributed by atoms with Gasteiger partial charge in [0, 0.05) is 36.1 Å². The Morgan fingerprint density at radius 2 is 2.00 bits per heavy atom. The third kappa shape index (κ3) is 3.58. The molecule has 130 valence electrons. The topological polar surface area (TPSA) is 54.5 Å². The molecule has 4 aromatic rings. The van der Waals surface area contributed by atoms with Crippen molar-refractivity contribution in [1.82, 2.24) is 19.9 Å². The molecule has 4 nitrogen and oxygen atoms in total. The predicted molar refractivity (Wildman–Crippen MR) is 99.7 cm³/mol. The minimum atomic E-state index is -0.322. The van der Waals surface area contributed by atoms with E-state index in [-0.39, 0.29) is 5.82 Å². The monoisotopic (exact) mass is 366 g/mol. The molecule has 0 unspecified atom stereocenters. The van der Waals surface area contributed by atoms with Gasteiger partial charge in [0.25, 0.3) is 0 Å². The number of halogens is 2. The second-order valence-electron chi connectivity index (χ2n) is 6.15. The van der Waals surface area contributed by atoms with Gasteiger partial charge in [-0.25, -0.2) is 14.4 Å². The summed E-state index contributed by atoms with van der Waals surface area (Å²) < 4.78 is 13.2. The van der Waals surface area contributed by atoms with Gasteiger partial charge in [-0.05, 0) is 53.8 Å². The quantitative estimate of drug-likeness (QED) is 0.528. The second kappa shape index (κ2) is 7.22. The Morgan fingerprint density at radius 1 is 1.08 bits per heavy atom. The Kier molecular flexibility index (Phi) is 4.63. The number of nitrogens with one attached hydrogen (secondary N) is 1. The molecule has 0 aliphatic heterocycles.